The van der Waals surface area contributed by atoms with E-state index in [2.05, 4.69) is 22.8 Å². The average molecular weight is 465 g/mol. The van der Waals surface area contributed by atoms with Crippen molar-refractivity contribution in [3.63, 3.8) is 0 Å². The molecule has 0 radical (unpaired) electrons. The lowest BCUT2D eigenvalue weighted by Gasteiger charge is -2.39. The molecular weight excluding hydrogens is 436 g/mol. The zero-order chi connectivity index (χ0) is 23.7. The Morgan fingerprint density at radius 1 is 1.03 bits per heavy atom. The lowest BCUT2D eigenvalue weighted by molar-refractivity contribution is -0.137. The Labute approximate surface area is 197 Å². The Morgan fingerprint density at radius 3 is 2.35 bits per heavy atom. The quantitative estimate of drug-likeness (QED) is 0.554. The number of carboxylic acids is 1. The normalized spacial score (nSPS) is 23.1. The number of carbonyl (C=O) groups is 3. The molecule has 3 N–H and O–H groups in total. The van der Waals surface area contributed by atoms with Crippen molar-refractivity contribution in [3.8, 4) is 11.1 Å². The minimum absolute atomic E-state index is 0.00311. The maximum atomic E-state index is 12.9. The van der Waals surface area contributed by atoms with E-state index in [0.29, 0.717) is 18.4 Å². The minimum Gasteiger partial charge on any atom is -0.481 e. The fourth-order valence-electron chi connectivity index (χ4n) is 5.38. The summed E-state index contributed by atoms with van der Waals surface area (Å²) in [6, 6.07) is 15.1. The molecule has 8 heteroatoms. The number of ether oxygens (including phenoxy) is 2. The maximum Gasteiger partial charge on any atom is 0.407 e. The first-order valence-electron chi connectivity index (χ1n) is 11.7. The van der Waals surface area contributed by atoms with Gasteiger partial charge in [0, 0.05) is 30.9 Å². The van der Waals surface area contributed by atoms with Gasteiger partial charge in [0.25, 0.3) is 0 Å². The van der Waals surface area contributed by atoms with Crippen molar-refractivity contribution in [1.29, 1.82) is 0 Å². The lowest BCUT2D eigenvalue weighted by atomic mass is 9.71. The molecule has 3 aliphatic rings. The maximum absolute atomic E-state index is 12.9. The molecular formula is C26H28N2O6. The largest absolute Gasteiger partial charge is 0.481 e. The number of fused-ring (bicyclic) bond motifs is 4. The van der Waals surface area contributed by atoms with E-state index in [0.717, 1.165) is 35.3 Å². The molecule has 34 heavy (non-hydrogen) atoms. The zero-order valence-corrected chi connectivity index (χ0v) is 18.7. The van der Waals surface area contributed by atoms with Gasteiger partial charge >= 0.3 is 12.1 Å². The van der Waals surface area contributed by atoms with Gasteiger partial charge in [0.15, 0.2) is 0 Å². The van der Waals surface area contributed by atoms with Crippen LogP contribution in [-0.2, 0) is 19.1 Å². The number of rotatable bonds is 8. The van der Waals surface area contributed by atoms with Crippen LogP contribution in [0.25, 0.3) is 11.1 Å². The van der Waals surface area contributed by atoms with Crippen LogP contribution in [0.1, 0.15) is 36.3 Å². The van der Waals surface area contributed by atoms with E-state index in [1.54, 1.807) is 0 Å². The number of amides is 2. The van der Waals surface area contributed by atoms with Gasteiger partial charge in [-0.1, -0.05) is 48.5 Å². The summed E-state index contributed by atoms with van der Waals surface area (Å²) in [6.07, 6.45) is -0.139. The predicted octanol–water partition coefficient (Wildman–Crippen LogP) is 2.91. The van der Waals surface area contributed by atoms with Crippen molar-refractivity contribution in [2.24, 2.45) is 11.8 Å². The van der Waals surface area contributed by atoms with Crippen molar-refractivity contribution in [2.45, 2.75) is 37.3 Å². The van der Waals surface area contributed by atoms with Crippen LogP contribution < -0.4 is 10.6 Å². The van der Waals surface area contributed by atoms with Crippen molar-refractivity contribution in [3.05, 3.63) is 59.7 Å². The third kappa shape index (κ3) is 4.37. The molecule has 0 bridgehead atoms. The highest BCUT2D eigenvalue weighted by molar-refractivity contribution is 5.86. The molecule has 1 saturated heterocycles. The van der Waals surface area contributed by atoms with Crippen LogP contribution in [0.3, 0.4) is 0 Å². The zero-order valence-electron chi connectivity index (χ0n) is 18.7. The van der Waals surface area contributed by atoms with Crippen LogP contribution in [0.15, 0.2) is 48.5 Å². The Kier molecular flexibility index (Phi) is 6.24. The van der Waals surface area contributed by atoms with Crippen LogP contribution >= 0.6 is 0 Å². The molecule has 2 amide bonds. The SMILES string of the molecule is O=C(O)CCC(NC(=O)OCC1c2ccccc2-c2ccccc21)C(=O)NC1CC2COCC21. The lowest BCUT2D eigenvalue weighted by Crippen LogP contribution is -2.57. The molecule has 2 aromatic rings. The number of carbonyl (C=O) groups excluding carboxylic acids is 2. The highest BCUT2D eigenvalue weighted by Gasteiger charge is 2.46. The van der Waals surface area contributed by atoms with Gasteiger partial charge in [0.05, 0.1) is 6.61 Å². The Morgan fingerprint density at radius 2 is 1.71 bits per heavy atom. The fraction of sp³-hybridized carbons (Fsp3) is 0.423. The van der Waals surface area contributed by atoms with Crippen molar-refractivity contribution in [2.75, 3.05) is 19.8 Å². The number of benzene rings is 2. The van der Waals surface area contributed by atoms with Gasteiger partial charge < -0.3 is 25.2 Å². The molecule has 1 aliphatic heterocycles. The number of hydrogen-bond donors (Lipinski definition) is 3. The molecule has 2 aromatic carbocycles. The van der Waals surface area contributed by atoms with Crippen LogP contribution in [0.2, 0.25) is 0 Å². The first-order chi connectivity index (χ1) is 16.5. The Bertz CT molecular complexity index is 1060. The summed E-state index contributed by atoms with van der Waals surface area (Å²) in [5.74, 6) is -0.750. The van der Waals surface area contributed by atoms with Crippen LogP contribution in [-0.4, -0.2) is 55.0 Å². The van der Waals surface area contributed by atoms with E-state index in [9.17, 15) is 14.4 Å². The van der Waals surface area contributed by atoms with Gasteiger partial charge in [-0.2, -0.15) is 0 Å². The van der Waals surface area contributed by atoms with E-state index in [1.807, 2.05) is 36.4 Å². The number of alkyl carbamates (subject to hydrolysis) is 1. The number of hydrogen-bond acceptors (Lipinski definition) is 5. The van der Waals surface area contributed by atoms with Gasteiger partial charge in [-0.05, 0) is 41.0 Å². The van der Waals surface area contributed by atoms with Crippen LogP contribution in [0.4, 0.5) is 4.79 Å². The topological polar surface area (TPSA) is 114 Å². The monoisotopic (exact) mass is 464 g/mol. The number of carboxylic acid groups (broad SMARTS) is 1. The summed E-state index contributed by atoms with van der Waals surface area (Å²) in [5, 5.41) is 14.6. The summed E-state index contributed by atoms with van der Waals surface area (Å²) >= 11 is 0. The molecule has 0 spiro atoms. The summed E-state index contributed by atoms with van der Waals surface area (Å²) in [7, 11) is 0. The highest BCUT2D eigenvalue weighted by Crippen LogP contribution is 2.44. The summed E-state index contributed by atoms with van der Waals surface area (Å²) < 4.78 is 11.0. The Balaban J connectivity index is 1.21. The van der Waals surface area contributed by atoms with E-state index in [-0.39, 0.29) is 37.3 Å². The second-order valence-electron chi connectivity index (χ2n) is 9.27. The summed E-state index contributed by atoms with van der Waals surface area (Å²) in [6.45, 7) is 1.46. The molecule has 1 heterocycles. The molecule has 4 unspecified atom stereocenters. The van der Waals surface area contributed by atoms with Crippen LogP contribution in [0, 0.1) is 11.8 Å². The predicted molar refractivity (Wildman–Crippen MR) is 123 cm³/mol. The molecule has 2 fully saturated rings. The van der Waals surface area contributed by atoms with E-state index < -0.39 is 18.1 Å². The molecule has 5 rings (SSSR count). The van der Waals surface area contributed by atoms with Gasteiger partial charge in [-0.3, -0.25) is 9.59 Å². The first kappa shape index (κ1) is 22.4. The third-order valence-electron chi connectivity index (χ3n) is 7.25. The molecule has 4 atom stereocenters. The van der Waals surface area contributed by atoms with Gasteiger partial charge in [0.1, 0.15) is 12.6 Å². The average Bonchev–Trinajstić information content (AvgIpc) is 3.36. The molecule has 2 aliphatic carbocycles. The van der Waals surface area contributed by atoms with E-state index in [4.69, 9.17) is 14.6 Å². The van der Waals surface area contributed by atoms with Crippen molar-refractivity contribution >= 4 is 18.0 Å². The van der Waals surface area contributed by atoms with Crippen molar-refractivity contribution in [1.82, 2.24) is 10.6 Å². The molecule has 1 saturated carbocycles. The first-order valence-corrected chi connectivity index (χ1v) is 11.7. The van der Waals surface area contributed by atoms with E-state index in [1.165, 1.54) is 0 Å². The number of nitrogens with one attached hydrogen (secondary N) is 2. The number of aliphatic carboxylic acids is 1. The van der Waals surface area contributed by atoms with Crippen molar-refractivity contribution < 1.29 is 29.0 Å². The highest BCUT2D eigenvalue weighted by atomic mass is 16.5. The van der Waals surface area contributed by atoms with Gasteiger partial charge in [-0.25, -0.2) is 4.79 Å². The van der Waals surface area contributed by atoms with Gasteiger partial charge in [0.2, 0.25) is 5.91 Å². The Hall–Kier alpha value is -3.39. The summed E-state index contributed by atoms with van der Waals surface area (Å²) in [5.41, 5.74) is 4.44. The second kappa shape index (κ2) is 9.46. The smallest absolute Gasteiger partial charge is 0.407 e. The second-order valence-corrected chi connectivity index (χ2v) is 9.27. The standard InChI is InChI=1S/C26H28N2O6/c29-24(30)10-9-22(25(31)27-23-11-15-12-33-13-20(15)23)28-26(32)34-14-21-18-7-3-1-5-16(18)17-6-2-4-8-19(17)21/h1-8,15,20-23H,9-14H2,(H,27,31)(H,28,32)(H,29,30). The van der Waals surface area contributed by atoms with Gasteiger partial charge in [-0.15, -0.1) is 0 Å². The minimum atomic E-state index is -1.03. The molecule has 178 valence electrons. The molecule has 8 nitrogen and oxygen atoms in total. The van der Waals surface area contributed by atoms with E-state index >= 15 is 0 Å². The third-order valence-corrected chi connectivity index (χ3v) is 7.25. The fourth-order valence-corrected chi connectivity index (χ4v) is 5.38. The molecule has 0 aromatic heterocycles. The summed E-state index contributed by atoms with van der Waals surface area (Å²) in [4.78, 5) is 36.6. The van der Waals surface area contributed by atoms with Crippen LogP contribution in [0.5, 0.6) is 0 Å².